The number of aliphatic hydroxyl groups is 1. The molecule has 44 heavy (non-hydrogen) atoms. The number of halogens is 1. The Morgan fingerprint density at radius 2 is 1.93 bits per heavy atom. The summed E-state index contributed by atoms with van der Waals surface area (Å²) in [7, 11) is -7.88. The number of nitrogens with zero attached hydrogens (tertiary/aromatic N) is 7. The minimum absolute atomic E-state index is 0.000126. The molecule has 23 heteroatoms. The highest BCUT2D eigenvalue weighted by molar-refractivity contribution is 7.56. The molecule has 0 bridgehead atoms. The van der Waals surface area contributed by atoms with Gasteiger partial charge in [-0.3, -0.25) is 28.0 Å². The van der Waals surface area contributed by atoms with Gasteiger partial charge in [0.25, 0.3) is 5.56 Å². The maximum Gasteiger partial charge on any atom is 0.695 e. The number of ether oxygens (including phenoxy) is 2. The molecule has 0 aromatic carbocycles. The van der Waals surface area contributed by atoms with Gasteiger partial charge in [-0.15, -0.1) is 9.42 Å². The van der Waals surface area contributed by atoms with Crippen LogP contribution in [0.1, 0.15) is 18.9 Å². The minimum Gasteiger partial charge on any atom is -0.394 e. The van der Waals surface area contributed by atoms with Crippen molar-refractivity contribution in [1.82, 2.24) is 39.0 Å². The zero-order chi connectivity index (χ0) is 31.3. The van der Waals surface area contributed by atoms with Crippen molar-refractivity contribution in [2.45, 2.75) is 49.5 Å². The highest BCUT2D eigenvalue weighted by Gasteiger charge is 2.50. The molecule has 2 aliphatic rings. The van der Waals surface area contributed by atoms with Gasteiger partial charge in [-0.05, 0) is 6.08 Å². The molecule has 2 aliphatic heterocycles. The third-order valence-corrected chi connectivity index (χ3v) is 8.49. The van der Waals surface area contributed by atoms with Crippen LogP contribution in [0.3, 0.4) is 0 Å². The van der Waals surface area contributed by atoms with Crippen LogP contribution in [0.5, 0.6) is 0 Å². The topological polar surface area (TPSA) is 291 Å². The monoisotopic (exact) mass is 657 g/mol. The van der Waals surface area contributed by atoms with Crippen molar-refractivity contribution in [3.63, 3.8) is 0 Å². The number of hydrogen-bond acceptors (Lipinski definition) is 15. The van der Waals surface area contributed by atoms with E-state index in [0.717, 1.165) is 17.0 Å². The maximum atomic E-state index is 15.7. The van der Waals surface area contributed by atoms with Crippen LogP contribution >= 0.6 is 15.9 Å². The SMILES string of the molecule is Nc1nc2c(ncn2[C@@H]2O[C@H](CO)[C@@H](OP(=O)(O)/C=C/[C@H]3O[C@@H](n4cnc5c(N)ncnc54)C[C@@H]3O[P+](=O)O)[C@H]2F)c(=O)[nH]1. The number of aromatic amines is 1. The standard InChI is InChI=1S/C21H23FN10O10P2/c22-12-15(10(4-33)40-20(12)32-7-28-14-18(32)29-21(24)30-19(14)34)42-44(37,38)2-1-8-9(41-43(35)36)3-11(39-8)31-6-27-13-16(23)25-5-26-17(13)31/h1-2,5-12,15,20,33H,3-4H2,(H6-,23,24,25,26,29,30,34,35,36,37,38)/p+1/b2-1+/t8-,9+,10-,11-,12-,15-,20-/m1/s1. The van der Waals surface area contributed by atoms with Gasteiger partial charge in [-0.1, -0.05) is 0 Å². The number of nitrogens with two attached hydrogens (primary N) is 2. The van der Waals surface area contributed by atoms with Crippen LogP contribution in [0.25, 0.3) is 22.3 Å². The molecule has 2 saturated heterocycles. The Kier molecular flexibility index (Phi) is 7.99. The van der Waals surface area contributed by atoms with Crippen molar-refractivity contribution in [1.29, 1.82) is 0 Å². The first-order valence-electron chi connectivity index (χ1n) is 12.7. The lowest BCUT2D eigenvalue weighted by Gasteiger charge is -2.20. The van der Waals surface area contributed by atoms with Crippen LogP contribution in [0, 0.1) is 0 Å². The first-order valence-corrected chi connectivity index (χ1v) is 15.5. The molecule has 6 rings (SSSR count). The third kappa shape index (κ3) is 5.60. The number of aromatic nitrogens is 8. The summed E-state index contributed by atoms with van der Waals surface area (Å²) in [5.74, 6) is 0.557. The summed E-state index contributed by atoms with van der Waals surface area (Å²) in [4.78, 5) is 54.3. The second-order valence-electron chi connectivity index (χ2n) is 9.70. The van der Waals surface area contributed by atoms with E-state index in [1.165, 1.54) is 17.2 Å². The van der Waals surface area contributed by atoms with Gasteiger partial charge in [-0.2, -0.15) is 4.98 Å². The first kappa shape index (κ1) is 30.3. The molecule has 4 aromatic rings. The molecular weight excluding hydrogens is 633 g/mol. The van der Waals surface area contributed by atoms with Gasteiger partial charge in [0, 0.05) is 16.8 Å². The highest BCUT2D eigenvalue weighted by atomic mass is 31.2. The lowest BCUT2D eigenvalue weighted by molar-refractivity contribution is -0.0439. The second kappa shape index (κ2) is 11.6. The number of hydrogen-bond donors (Lipinski definition) is 6. The summed E-state index contributed by atoms with van der Waals surface area (Å²) in [6, 6.07) is 0. The molecule has 4 aromatic heterocycles. The fourth-order valence-corrected chi connectivity index (χ4v) is 6.52. The van der Waals surface area contributed by atoms with E-state index in [1.807, 2.05) is 0 Å². The van der Waals surface area contributed by atoms with Gasteiger partial charge in [0.2, 0.25) is 5.95 Å². The second-order valence-corrected chi connectivity index (χ2v) is 12.0. The molecule has 2 unspecified atom stereocenters. The summed E-state index contributed by atoms with van der Waals surface area (Å²) in [5, 5.41) is 9.81. The predicted molar refractivity (Wildman–Crippen MR) is 145 cm³/mol. The largest absolute Gasteiger partial charge is 0.695 e. The molecule has 20 nitrogen and oxygen atoms in total. The molecular formula is C21H24FN10O10P2+. The fourth-order valence-electron chi connectivity index (χ4n) is 5.03. The quantitative estimate of drug-likeness (QED) is 0.127. The number of anilines is 2. The number of fused-ring (bicyclic) bond motifs is 2. The first-order chi connectivity index (χ1) is 21.0. The molecule has 0 amide bonds. The predicted octanol–water partition coefficient (Wildman–Crippen LogP) is -0.242. The van der Waals surface area contributed by atoms with Crippen LogP contribution in [0.4, 0.5) is 16.2 Å². The van der Waals surface area contributed by atoms with Crippen molar-refractivity contribution >= 4 is 49.9 Å². The van der Waals surface area contributed by atoms with E-state index in [2.05, 4.69) is 29.9 Å². The van der Waals surface area contributed by atoms with Crippen molar-refractivity contribution in [2.75, 3.05) is 18.1 Å². The van der Waals surface area contributed by atoms with E-state index in [0.29, 0.717) is 17.0 Å². The molecule has 0 spiro atoms. The van der Waals surface area contributed by atoms with Crippen molar-refractivity contribution in [3.05, 3.63) is 41.2 Å². The summed E-state index contributed by atoms with van der Waals surface area (Å²) >= 11 is 0. The molecule has 0 saturated carbocycles. The van der Waals surface area contributed by atoms with Gasteiger partial charge in [0.1, 0.15) is 36.4 Å². The Labute approximate surface area is 245 Å². The van der Waals surface area contributed by atoms with E-state index in [-0.39, 0.29) is 29.4 Å². The van der Waals surface area contributed by atoms with Crippen molar-refractivity contribution in [3.8, 4) is 0 Å². The van der Waals surface area contributed by atoms with Crippen LogP contribution in [-0.2, 0) is 27.7 Å². The number of imidazole rings is 2. The van der Waals surface area contributed by atoms with Crippen LogP contribution in [0.15, 0.2) is 35.7 Å². The molecule has 6 heterocycles. The Balaban J connectivity index is 1.21. The highest BCUT2D eigenvalue weighted by Crippen LogP contribution is 2.50. The number of rotatable bonds is 9. The Morgan fingerprint density at radius 3 is 2.68 bits per heavy atom. The maximum absolute atomic E-state index is 15.7. The lowest BCUT2D eigenvalue weighted by Crippen LogP contribution is -2.33. The molecule has 2 fully saturated rings. The van der Waals surface area contributed by atoms with Gasteiger partial charge in [-0.25, -0.2) is 24.3 Å². The summed E-state index contributed by atoms with van der Waals surface area (Å²) in [5.41, 5.74) is 11.1. The number of nitrogens with one attached hydrogen (secondary N) is 1. The molecule has 8 N–H and O–H groups in total. The van der Waals surface area contributed by atoms with E-state index in [9.17, 15) is 28.8 Å². The Morgan fingerprint density at radius 1 is 1.18 bits per heavy atom. The molecule has 9 atom stereocenters. The lowest BCUT2D eigenvalue weighted by atomic mass is 10.1. The normalized spacial score (nSPS) is 29.2. The number of nitrogen functional groups attached to an aromatic ring is 2. The molecule has 0 aliphatic carbocycles. The van der Waals surface area contributed by atoms with Crippen molar-refractivity contribution in [2.24, 2.45) is 0 Å². The van der Waals surface area contributed by atoms with E-state index in [1.54, 1.807) is 0 Å². The van der Waals surface area contributed by atoms with E-state index >= 15 is 4.39 Å². The Bertz CT molecular complexity index is 1870. The number of aliphatic hydroxyl groups excluding tert-OH is 1. The van der Waals surface area contributed by atoms with Crippen LogP contribution in [-0.4, -0.2) is 91.1 Å². The molecule has 0 radical (unpaired) electrons. The summed E-state index contributed by atoms with van der Waals surface area (Å²) in [6.45, 7) is -0.798. The van der Waals surface area contributed by atoms with Gasteiger partial charge in [0.05, 0.1) is 19.3 Å². The average Bonchev–Trinajstić information content (AvgIpc) is 3.73. The average molecular weight is 657 g/mol. The van der Waals surface area contributed by atoms with E-state index < -0.39 is 71.1 Å². The third-order valence-electron chi connectivity index (χ3n) is 6.95. The molecule has 234 valence electrons. The Hall–Kier alpha value is -3.78. The smallest absolute Gasteiger partial charge is 0.394 e. The van der Waals surface area contributed by atoms with Gasteiger partial charge >= 0.3 is 15.9 Å². The van der Waals surface area contributed by atoms with Gasteiger partial charge < -0.3 is 30.9 Å². The van der Waals surface area contributed by atoms with E-state index in [4.69, 9.17) is 30.0 Å². The minimum atomic E-state index is -4.79. The van der Waals surface area contributed by atoms with Crippen LogP contribution < -0.4 is 17.0 Å². The van der Waals surface area contributed by atoms with Crippen molar-refractivity contribution < 1.29 is 46.9 Å². The fraction of sp³-hybridized carbons (Fsp3) is 0.429. The van der Waals surface area contributed by atoms with Gasteiger partial charge in [0.15, 0.2) is 41.1 Å². The zero-order valence-electron chi connectivity index (χ0n) is 22.1. The number of H-pyrrole nitrogens is 1. The zero-order valence-corrected chi connectivity index (χ0v) is 23.9. The van der Waals surface area contributed by atoms with Crippen LogP contribution in [0.2, 0.25) is 0 Å². The summed E-state index contributed by atoms with van der Waals surface area (Å²) in [6.07, 6.45) is -5.21. The number of alkyl halides is 1. The summed E-state index contributed by atoms with van der Waals surface area (Å²) < 4.78 is 64.5.